The van der Waals surface area contributed by atoms with Gasteiger partial charge in [0.25, 0.3) is 0 Å². The summed E-state index contributed by atoms with van der Waals surface area (Å²) in [4.78, 5) is 12.0. The summed E-state index contributed by atoms with van der Waals surface area (Å²) in [6.07, 6.45) is 4.74. The van der Waals surface area contributed by atoms with Crippen LogP contribution in [0.4, 0.5) is 10.1 Å². The molecule has 10 heteroatoms. The maximum atomic E-state index is 14.0. The SMILES string of the molecule is CNC(C(=O)Nc1ccc(F)c(S(=O)(=O)NC2CC2)c1)c1cnn(C)c1. The zero-order chi connectivity index (χ0) is 18.9. The molecule has 26 heavy (non-hydrogen) atoms. The van der Waals surface area contributed by atoms with Gasteiger partial charge in [-0.2, -0.15) is 5.10 Å². The van der Waals surface area contributed by atoms with E-state index in [2.05, 4.69) is 20.5 Å². The Morgan fingerprint density at radius 1 is 1.38 bits per heavy atom. The van der Waals surface area contributed by atoms with Crippen LogP contribution in [-0.2, 0) is 21.9 Å². The molecular weight excluding hydrogens is 361 g/mol. The van der Waals surface area contributed by atoms with Gasteiger partial charge in [0, 0.05) is 30.5 Å². The number of carbonyl (C=O) groups excluding carboxylic acids is 1. The summed E-state index contributed by atoms with van der Waals surface area (Å²) >= 11 is 0. The summed E-state index contributed by atoms with van der Waals surface area (Å²) in [6.45, 7) is 0. The molecule has 1 atom stereocenters. The monoisotopic (exact) mass is 381 g/mol. The van der Waals surface area contributed by atoms with Crippen LogP contribution >= 0.6 is 0 Å². The van der Waals surface area contributed by atoms with Crippen LogP contribution in [0.1, 0.15) is 24.4 Å². The van der Waals surface area contributed by atoms with E-state index < -0.39 is 32.7 Å². The highest BCUT2D eigenvalue weighted by Crippen LogP contribution is 2.25. The fourth-order valence-electron chi connectivity index (χ4n) is 2.52. The van der Waals surface area contributed by atoms with E-state index in [-0.39, 0.29) is 11.7 Å². The first-order valence-corrected chi connectivity index (χ1v) is 9.57. The van der Waals surface area contributed by atoms with Gasteiger partial charge in [0.05, 0.1) is 6.20 Å². The van der Waals surface area contributed by atoms with E-state index in [0.717, 1.165) is 25.0 Å². The number of rotatable bonds is 7. The van der Waals surface area contributed by atoms with Crippen LogP contribution in [0.15, 0.2) is 35.5 Å². The summed E-state index contributed by atoms with van der Waals surface area (Å²) in [5.41, 5.74) is 0.842. The molecule has 1 aliphatic rings. The van der Waals surface area contributed by atoms with Crippen molar-refractivity contribution in [1.82, 2.24) is 19.8 Å². The lowest BCUT2D eigenvalue weighted by Gasteiger charge is -2.15. The Balaban J connectivity index is 1.81. The maximum Gasteiger partial charge on any atom is 0.246 e. The van der Waals surface area contributed by atoms with Gasteiger partial charge in [-0.05, 0) is 38.1 Å². The maximum absolute atomic E-state index is 14.0. The summed E-state index contributed by atoms with van der Waals surface area (Å²) in [6, 6.07) is 2.64. The van der Waals surface area contributed by atoms with Crippen LogP contribution in [0.5, 0.6) is 0 Å². The van der Waals surface area contributed by atoms with Gasteiger partial charge in [0.2, 0.25) is 15.9 Å². The van der Waals surface area contributed by atoms with Gasteiger partial charge >= 0.3 is 0 Å². The predicted octanol–water partition coefficient (Wildman–Crippen LogP) is 0.899. The first-order valence-electron chi connectivity index (χ1n) is 8.08. The fraction of sp³-hybridized carbons (Fsp3) is 0.375. The number of aryl methyl sites for hydroxylation is 1. The smallest absolute Gasteiger partial charge is 0.246 e. The molecule has 3 N–H and O–H groups in total. The third kappa shape index (κ3) is 4.09. The number of carbonyl (C=O) groups is 1. The molecule has 1 heterocycles. The average Bonchev–Trinajstić information content (AvgIpc) is 3.28. The molecule has 0 spiro atoms. The van der Waals surface area contributed by atoms with Crippen LogP contribution in [-0.4, -0.2) is 37.2 Å². The van der Waals surface area contributed by atoms with Crippen LogP contribution in [0.3, 0.4) is 0 Å². The van der Waals surface area contributed by atoms with E-state index >= 15 is 0 Å². The van der Waals surface area contributed by atoms with Crippen molar-refractivity contribution in [2.45, 2.75) is 29.8 Å². The van der Waals surface area contributed by atoms with Gasteiger partial charge < -0.3 is 10.6 Å². The summed E-state index contributed by atoms with van der Waals surface area (Å²) in [5, 5.41) is 9.51. The molecule has 1 aromatic carbocycles. The standard InChI is InChI=1S/C16H20FN5O3S/c1-18-15(10-8-19-22(2)9-10)16(23)20-12-5-6-13(17)14(7-12)26(24,25)21-11-3-4-11/h5-9,11,15,18,21H,3-4H2,1-2H3,(H,20,23). The fourth-order valence-corrected chi connectivity index (χ4v) is 3.93. The van der Waals surface area contributed by atoms with Crippen molar-refractivity contribution in [2.75, 3.05) is 12.4 Å². The predicted molar refractivity (Wildman–Crippen MR) is 93.4 cm³/mol. The topological polar surface area (TPSA) is 105 Å². The number of sulfonamides is 1. The van der Waals surface area contributed by atoms with Gasteiger partial charge in [0.15, 0.2) is 0 Å². The van der Waals surface area contributed by atoms with Crippen LogP contribution in [0.25, 0.3) is 0 Å². The molecule has 1 unspecified atom stereocenters. The number of aromatic nitrogens is 2. The molecule has 8 nitrogen and oxygen atoms in total. The van der Waals surface area contributed by atoms with Crippen LogP contribution in [0, 0.1) is 5.82 Å². The van der Waals surface area contributed by atoms with Crippen molar-refractivity contribution in [1.29, 1.82) is 0 Å². The number of anilines is 1. The Morgan fingerprint density at radius 2 is 2.12 bits per heavy atom. The Kier molecular flexibility index (Phi) is 5.08. The molecule has 0 bridgehead atoms. The minimum atomic E-state index is -3.97. The van der Waals surface area contributed by atoms with Crippen molar-refractivity contribution < 1.29 is 17.6 Å². The Morgan fingerprint density at radius 3 is 2.69 bits per heavy atom. The highest BCUT2D eigenvalue weighted by atomic mass is 32.2. The van der Waals surface area contributed by atoms with Gasteiger partial charge in [-0.25, -0.2) is 17.5 Å². The van der Waals surface area contributed by atoms with Crippen molar-refractivity contribution in [3.05, 3.63) is 42.0 Å². The van der Waals surface area contributed by atoms with E-state index in [9.17, 15) is 17.6 Å². The largest absolute Gasteiger partial charge is 0.324 e. The molecule has 1 aliphatic carbocycles. The Labute approximate surface area is 150 Å². The van der Waals surface area contributed by atoms with E-state index in [1.54, 1.807) is 31.2 Å². The van der Waals surface area contributed by atoms with Gasteiger partial charge in [-0.15, -0.1) is 0 Å². The van der Waals surface area contributed by atoms with E-state index in [0.29, 0.717) is 5.56 Å². The number of likely N-dealkylation sites (N-methyl/N-ethyl adjacent to an activating group) is 1. The summed E-state index contributed by atoms with van der Waals surface area (Å²) in [7, 11) is -0.609. The highest BCUT2D eigenvalue weighted by molar-refractivity contribution is 7.89. The number of benzene rings is 1. The molecular formula is C16H20FN5O3S. The van der Waals surface area contributed by atoms with E-state index in [4.69, 9.17) is 0 Å². The number of hydrogen-bond acceptors (Lipinski definition) is 5. The lowest BCUT2D eigenvalue weighted by Crippen LogP contribution is -2.30. The van der Waals surface area contributed by atoms with Crippen molar-refractivity contribution in [3.63, 3.8) is 0 Å². The number of amides is 1. The van der Waals surface area contributed by atoms with Gasteiger partial charge in [-0.1, -0.05) is 0 Å². The van der Waals surface area contributed by atoms with E-state index in [1.807, 2.05) is 0 Å². The number of nitrogens with zero attached hydrogens (tertiary/aromatic N) is 2. The second-order valence-corrected chi connectivity index (χ2v) is 7.88. The zero-order valence-corrected chi connectivity index (χ0v) is 15.2. The summed E-state index contributed by atoms with van der Waals surface area (Å²) < 4.78 is 42.5. The van der Waals surface area contributed by atoms with E-state index in [1.165, 1.54) is 6.07 Å². The Bertz CT molecular complexity index is 924. The molecule has 1 amide bonds. The van der Waals surface area contributed by atoms with Gasteiger partial charge in [0.1, 0.15) is 16.8 Å². The lowest BCUT2D eigenvalue weighted by molar-refractivity contribution is -0.118. The zero-order valence-electron chi connectivity index (χ0n) is 14.4. The normalized spacial score (nSPS) is 15.7. The van der Waals surface area contributed by atoms with Gasteiger partial charge in [-0.3, -0.25) is 9.48 Å². The van der Waals surface area contributed by atoms with Crippen molar-refractivity contribution in [3.8, 4) is 0 Å². The number of nitrogens with one attached hydrogen (secondary N) is 3. The molecule has 0 saturated heterocycles. The molecule has 0 aliphatic heterocycles. The molecule has 2 aromatic rings. The first-order chi connectivity index (χ1) is 12.3. The third-order valence-electron chi connectivity index (χ3n) is 4.00. The Hall–Kier alpha value is -2.30. The number of hydrogen-bond donors (Lipinski definition) is 3. The molecule has 1 fully saturated rings. The average molecular weight is 381 g/mol. The third-order valence-corrected chi connectivity index (χ3v) is 5.53. The van der Waals surface area contributed by atoms with Crippen molar-refractivity contribution in [2.24, 2.45) is 7.05 Å². The first kappa shape index (κ1) is 18.5. The molecule has 3 rings (SSSR count). The summed E-state index contributed by atoms with van der Waals surface area (Å²) in [5.74, 6) is -1.28. The second-order valence-electron chi connectivity index (χ2n) is 6.20. The van der Waals surface area contributed by atoms with Crippen LogP contribution < -0.4 is 15.4 Å². The minimum absolute atomic E-state index is 0.142. The van der Waals surface area contributed by atoms with Crippen molar-refractivity contribution >= 4 is 21.6 Å². The minimum Gasteiger partial charge on any atom is -0.324 e. The number of halogens is 1. The quantitative estimate of drug-likeness (QED) is 0.661. The highest BCUT2D eigenvalue weighted by Gasteiger charge is 2.30. The van der Waals surface area contributed by atoms with Crippen LogP contribution in [0.2, 0.25) is 0 Å². The lowest BCUT2D eigenvalue weighted by atomic mass is 10.1. The molecule has 1 saturated carbocycles. The molecule has 0 radical (unpaired) electrons. The molecule has 1 aromatic heterocycles. The molecule has 140 valence electrons. The second kappa shape index (κ2) is 7.14.